The fourth-order valence-corrected chi connectivity index (χ4v) is 6.29. The molecule has 4 rings (SSSR count). The lowest BCUT2D eigenvalue weighted by atomic mass is 9.65. The lowest BCUT2D eigenvalue weighted by molar-refractivity contribution is 0.126. The highest BCUT2D eigenvalue weighted by atomic mass is 16.4. The van der Waals surface area contributed by atoms with E-state index in [1.807, 2.05) is 0 Å². The van der Waals surface area contributed by atoms with Crippen molar-refractivity contribution in [2.24, 2.45) is 10.8 Å². The molecule has 1 aliphatic carbocycles. The molecular weight excluding hydrogens is 352 g/mol. The van der Waals surface area contributed by atoms with Gasteiger partial charge in [-0.1, -0.05) is 33.6 Å². The molecule has 3 heterocycles. The maximum absolute atomic E-state index is 12.5. The van der Waals surface area contributed by atoms with Gasteiger partial charge in [-0.25, -0.2) is 4.79 Å². The van der Waals surface area contributed by atoms with Gasteiger partial charge in [-0.2, -0.15) is 0 Å². The van der Waals surface area contributed by atoms with Crippen LogP contribution in [0.25, 0.3) is 0 Å². The minimum Gasteiger partial charge on any atom is -0.507 e. The SMILES string of the molecule is CC1(C)C[C@H]2C[C@@](C)(CN2Cc2c(O)c(CN3CCCCCC3)coc2=O)C1. The summed E-state index contributed by atoms with van der Waals surface area (Å²) in [5.41, 5.74) is 1.47. The third kappa shape index (κ3) is 4.16. The molecule has 3 aliphatic rings. The van der Waals surface area contributed by atoms with E-state index in [1.54, 1.807) is 0 Å². The lowest BCUT2D eigenvalue weighted by Crippen LogP contribution is -2.35. The monoisotopic (exact) mass is 388 g/mol. The van der Waals surface area contributed by atoms with Crippen LogP contribution in [0.5, 0.6) is 5.75 Å². The zero-order valence-electron chi connectivity index (χ0n) is 17.8. The maximum Gasteiger partial charge on any atom is 0.343 e. The summed E-state index contributed by atoms with van der Waals surface area (Å²) in [5, 5.41) is 10.9. The van der Waals surface area contributed by atoms with Crippen molar-refractivity contribution >= 4 is 0 Å². The summed E-state index contributed by atoms with van der Waals surface area (Å²) >= 11 is 0. The van der Waals surface area contributed by atoms with E-state index < -0.39 is 0 Å². The first-order valence-electron chi connectivity index (χ1n) is 11.0. The Hall–Kier alpha value is -1.33. The van der Waals surface area contributed by atoms with E-state index in [9.17, 15) is 9.90 Å². The van der Waals surface area contributed by atoms with Crippen LogP contribution in [0.1, 0.15) is 76.8 Å². The standard InChI is InChI=1S/C23H36N2O3/c1-22(2)10-18-11-23(3,15-22)16-25(18)13-19-20(26)17(14-28-21(19)27)12-24-8-6-4-5-7-9-24/h14,18,26H,4-13,15-16H2,1-3H3/t18-,23+/m0/s1. The molecule has 28 heavy (non-hydrogen) atoms. The number of aromatic hydroxyl groups is 1. The molecule has 0 amide bonds. The van der Waals surface area contributed by atoms with Gasteiger partial charge in [0.25, 0.3) is 0 Å². The number of hydrogen-bond donors (Lipinski definition) is 1. The summed E-state index contributed by atoms with van der Waals surface area (Å²) in [6.45, 7) is 11.3. The van der Waals surface area contributed by atoms with Gasteiger partial charge in [-0.05, 0) is 56.0 Å². The number of fused-ring (bicyclic) bond motifs is 2. The van der Waals surface area contributed by atoms with Crippen LogP contribution in [0, 0.1) is 10.8 Å². The summed E-state index contributed by atoms with van der Waals surface area (Å²) in [4.78, 5) is 17.2. The van der Waals surface area contributed by atoms with Crippen LogP contribution in [0.4, 0.5) is 0 Å². The van der Waals surface area contributed by atoms with Gasteiger partial charge in [0.2, 0.25) is 0 Å². The Morgan fingerprint density at radius 1 is 1.11 bits per heavy atom. The van der Waals surface area contributed by atoms with E-state index in [0.717, 1.165) is 31.6 Å². The summed E-state index contributed by atoms with van der Waals surface area (Å²) in [6.07, 6.45) is 10.0. The predicted octanol–water partition coefficient (Wildman–Crippen LogP) is 4.12. The second-order valence-electron chi connectivity index (χ2n) is 10.7. The summed E-state index contributed by atoms with van der Waals surface area (Å²) in [6, 6.07) is 0.488. The summed E-state index contributed by atoms with van der Waals surface area (Å²) < 4.78 is 5.36. The van der Waals surface area contributed by atoms with Gasteiger partial charge in [0.15, 0.2) is 0 Å². The molecular formula is C23H36N2O3. The Morgan fingerprint density at radius 3 is 2.54 bits per heavy atom. The number of likely N-dealkylation sites (tertiary alicyclic amines) is 2. The highest BCUT2D eigenvalue weighted by Crippen LogP contribution is 2.52. The van der Waals surface area contributed by atoms with Crippen molar-refractivity contribution in [1.82, 2.24) is 9.80 Å². The molecule has 0 radical (unpaired) electrons. The normalized spacial score (nSPS) is 31.0. The summed E-state index contributed by atoms with van der Waals surface area (Å²) in [7, 11) is 0. The van der Waals surface area contributed by atoms with E-state index >= 15 is 0 Å². The average Bonchev–Trinajstić information content (AvgIpc) is 2.77. The number of hydrogen-bond acceptors (Lipinski definition) is 5. The Morgan fingerprint density at radius 2 is 1.82 bits per heavy atom. The lowest BCUT2D eigenvalue weighted by Gasteiger charge is -2.39. The zero-order valence-corrected chi connectivity index (χ0v) is 17.8. The molecule has 1 saturated carbocycles. The van der Waals surface area contributed by atoms with Crippen molar-refractivity contribution in [3.05, 3.63) is 27.8 Å². The van der Waals surface area contributed by atoms with Gasteiger partial charge >= 0.3 is 5.63 Å². The van der Waals surface area contributed by atoms with Crippen LogP contribution in [-0.2, 0) is 13.1 Å². The number of nitrogens with zero attached hydrogens (tertiary/aromatic N) is 2. The van der Waals surface area contributed by atoms with E-state index in [4.69, 9.17) is 4.42 Å². The highest BCUT2D eigenvalue weighted by molar-refractivity contribution is 5.36. The number of rotatable bonds is 4. The Labute approximate surface area is 168 Å². The topological polar surface area (TPSA) is 56.9 Å². The molecule has 0 spiro atoms. The minimum atomic E-state index is -0.386. The quantitative estimate of drug-likeness (QED) is 0.841. The van der Waals surface area contributed by atoms with Crippen molar-refractivity contribution < 1.29 is 9.52 Å². The van der Waals surface area contributed by atoms with Crippen molar-refractivity contribution in [3.8, 4) is 5.75 Å². The molecule has 156 valence electrons. The van der Waals surface area contributed by atoms with Gasteiger partial charge in [0.05, 0.1) is 5.56 Å². The predicted molar refractivity (Wildman–Crippen MR) is 110 cm³/mol. The van der Waals surface area contributed by atoms with Crippen LogP contribution in [0.3, 0.4) is 0 Å². The van der Waals surface area contributed by atoms with Crippen LogP contribution in [-0.4, -0.2) is 40.6 Å². The molecule has 5 nitrogen and oxygen atoms in total. The molecule has 2 saturated heterocycles. The Balaban J connectivity index is 1.53. The van der Waals surface area contributed by atoms with E-state index in [-0.39, 0.29) is 11.4 Å². The average molecular weight is 389 g/mol. The minimum absolute atomic E-state index is 0.159. The van der Waals surface area contributed by atoms with Gasteiger partial charge in [-0.3, -0.25) is 9.80 Å². The van der Waals surface area contributed by atoms with Crippen molar-refractivity contribution in [3.63, 3.8) is 0 Å². The zero-order chi connectivity index (χ0) is 19.9. The highest BCUT2D eigenvalue weighted by Gasteiger charge is 2.49. The van der Waals surface area contributed by atoms with E-state index in [2.05, 4.69) is 30.6 Å². The van der Waals surface area contributed by atoms with Crippen LogP contribution >= 0.6 is 0 Å². The van der Waals surface area contributed by atoms with Gasteiger partial charge in [-0.15, -0.1) is 0 Å². The molecule has 2 aliphatic heterocycles. The van der Waals surface area contributed by atoms with Crippen LogP contribution in [0.2, 0.25) is 0 Å². The van der Waals surface area contributed by atoms with Crippen molar-refractivity contribution in [2.75, 3.05) is 19.6 Å². The van der Waals surface area contributed by atoms with Crippen LogP contribution < -0.4 is 5.63 Å². The smallest absolute Gasteiger partial charge is 0.343 e. The molecule has 1 aromatic rings. The second kappa shape index (κ2) is 7.49. The molecule has 1 N–H and O–H groups in total. The molecule has 1 aromatic heterocycles. The van der Waals surface area contributed by atoms with E-state index in [0.29, 0.717) is 35.5 Å². The first-order chi connectivity index (χ1) is 13.2. The third-order valence-electron chi connectivity index (χ3n) is 7.12. The van der Waals surface area contributed by atoms with Crippen molar-refractivity contribution in [1.29, 1.82) is 0 Å². The summed E-state index contributed by atoms with van der Waals surface area (Å²) in [5.74, 6) is 0.159. The first-order valence-corrected chi connectivity index (χ1v) is 11.0. The molecule has 0 aromatic carbocycles. The van der Waals surface area contributed by atoms with Gasteiger partial charge in [0.1, 0.15) is 12.0 Å². The first kappa shape index (κ1) is 20.0. The van der Waals surface area contributed by atoms with Gasteiger partial charge < -0.3 is 9.52 Å². The van der Waals surface area contributed by atoms with Crippen LogP contribution in [0.15, 0.2) is 15.5 Å². The third-order valence-corrected chi connectivity index (χ3v) is 7.12. The Kier molecular flexibility index (Phi) is 5.34. The molecule has 5 heteroatoms. The molecule has 2 atom stereocenters. The fraction of sp³-hybridized carbons (Fsp3) is 0.783. The largest absolute Gasteiger partial charge is 0.507 e. The Bertz CT molecular complexity index is 764. The molecule has 0 unspecified atom stereocenters. The maximum atomic E-state index is 12.5. The molecule has 3 fully saturated rings. The molecule has 2 bridgehead atoms. The fourth-order valence-electron chi connectivity index (χ4n) is 6.29. The van der Waals surface area contributed by atoms with Crippen molar-refractivity contribution in [2.45, 2.75) is 84.8 Å². The van der Waals surface area contributed by atoms with Gasteiger partial charge in [0, 0.05) is 31.2 Å². The van der Waals surface area contributed by atoms with E-state index in [1.165, 1.54) is 44.8 Å². The second-order valence-corrected chi connectivity index (χ2v) is 10.7.